The first-order valence-corrected chi connectivity index (χ1v) is 11.0. The Morgan fingerprint density at radius 2 is 1.74 bits per heavy atom. The zero-order chi connectivity index (χ0) is 24.0. The zero-order valence-electron chi connectivity index (χ0n) is 18.1. The van der Waals surface area contributed by atoms with Crippen LogP contribution in [0, 0.1) is 10.1 Å². The predicted molar refractivity (Wildman–Crippen MR) is 120 cm³/mol. The van der Waals surface area contributed by atoms with Crippen molar-refractivity contribution in [2.24, 2.45) is 0 Å². The normalized spacial score (nSPS) is 16.7. The van der Waals surface area contributed by atoms with E-state index < -0.39 is 22.4 Å². The summed E-state index contributed by atoms with van der Waals surface area (Å²) >= 11 is 0. The molecule has 1 aromatic heterocycles. The van der Waals surface area contributed by atoms with Crippen LogP contribution in [0.1, 0.15) is 40.4 Å². The number of hydrogen-bond acceptors (Lipinski definition) is 5. The van der Waals surface area contributed by atoms with Crippen LogP contribution in [0.5, 0.6) is 0 Å². The molecule has 5 rings (SSSR count). The van der Waals surface area contributed by atoms with Crippen LogP contribution >= 0.6 is 0 Å². The van der Waals surface area contributed by atoms with Crippen LogP contribution in [0.25, 0.3) is 10.9 Å². The van der Waals surface area contributed by atoms with E-state index in [9.17, 15) is 28.1 Å². The lowest BCUT2D eigenvalue weighted by Crippen LogP contribution is -2.49. The monoisotopic (exact) mass is 470 g/mol. The van der Waals surface area contributed by atoms with Crippen molar-refractivity contribution in [3.63, 3.8) is 0 Å². The van der Waals surface area contributed by atoms with Gasteiger partial charge in [-0.3, -0.25) is 19.9 Å². The zero-order valence-corrected chi connectivity index (χ0v) is 18.1. The quantitative estimate of drug-likeness (QED) is 0.396. The Morgan fingerprint density at radius 1 is 1.03 bits per heavy atom. The minimum absolute atomic E-state index is 0.121. The largest absolute Gasteiger partial charge is 0.416 e. The van der Waals surface area contributed by atoms with Gasteiger partial charge in [0.1, 0.15) is 5.69 Å². The summed E-state index contributed by atoms with van der Waals surface area (Å²) in [6.45, 7) is 1.14. The lowest BCUT2D eigenvalue weighted by molar-refractivity contribution is -0.384. The van der Waals surface area contributed by atoms with E-state index in [2.05, 4.69) is 0 Å². The highest BCUT2D eigenvalue weighted by Gasteiger charge is 2.35. The van der Waals surface area contributed by atoms with Crippen LogP contribution in [0.15, 0.2) is 48.5 Å². The molecule has 3 aromatic rings. The molecule has 176 valence electrons. The minimum Gasteiger partial charge on any atom is -0.362 e. The third kappa shape index (κ3) is 4.15. The molecular weight excluding hydrogens is 449 g/mol. The van der Waals surface area contributed by atoms with Crippen LogP contribution in [0.3, 0.4) is 0 Å². The molecule has 0 spiro atoms. The molecule has 34 heavy (non-hydrogen) atoms. The van der Waals surface area contributed by atoms with E-state index in [-0.39, 0.29) is 24.7 Å². The predicted octanol–water partition coefficient (Wildman–Crippen LogP) is 5.00. The number of nitrogens with zero attached hydrogens (tertiary/aromatic N) is 4. The highest BCUT2D eigenvalue weighted by Crippen LogP contribution is 2.40. The van der Waals surface area contributed by atoms with Crippen molar-refractivity contribution >= 4 is 28.2 Å². The second kappa shape index (κ2) is 8.27. The Hall–Kier alpha value is -3.69. The highest BCUT2D eigenvalue weighted by molar-refractivity contribution is 6.06. The van der Waals surface area contributed by atoms with Gasteiger partial charge in [-0.25, -0.2) is 0 Å². The average molecular weight is 470 g/mol. The van der Waals surface area contributed by atoms with Gasteiger partial charge in [0.15, 0.2) is 0 Å². The maximum absolute atomic E-state index is 13.4. The van der Waals surface area contributed by atoms with Gasteiger partial charge in [-0.1, -0.05) is 18.2 Å². The molecular formula is C24H21F3N4O3. The first kappa shape index (κ1) is 22.1. The fourth-order valence-electron chi connectivity index (χ4n) is 4.40. The van der Waals surface area contributed by atoms with Gasteiger partial charge in [-0.05, 0) is 37.1 Å². The summed E-state index contributed by atoms with van der Waals surface area (Å²) in [6, 6.07) is 11.9. The van der Waals surface area contributed by atoms with Gasteiger partial charge in [0.25, 0.3) is 11.6 Å². The molecule has 1 aliphatic carbocycles. The van der Waals surface area contributed by atoms with Crippen LogP contribution in [-0.4, -0.2) is 46.9 Å². The Morgan fingerprint density at radius 3 is 2.38 bits per heavy atom. The number of piperazine rings is 1. The van der Waals surface area contributed by atoms with Gasteiger partial charge < -0.3 is 9.80 Å². The van der Waals surface area contributed by atoms with E-state index in [1.54, 1.807) is 9.80 Å². The molecule has 0 radical (unpaired) electrons. The summed E-state index contributed by atoms with van der Waals surface area (Å²) in [4.78, 5) is 32.1. The summed E-state index contributed by atoms with van der Waals surface area (Å²) in [5.74, 6) is 0.246. The van der Waals surface area contributed by atoms with E-state index in [1.807, 2.05) is 30.3 Å². The summed E-state index contributed by atoms with van der Waals surface area (Å²) in [5.41, 5.74) is 0.740. The van der Waals surface area contributed by atoms with Crippen LogP contribution < -0.4 is 4.90 Å². The van der Waals surface area contributed by atoms with Gasteiger partial charge >= 0.3 is 6.18 Å². The number of rotatable bonds is 4. The van der Waals surface area contributed by atoms with Crippen LogP contribution in [0.2, 0.25) is 0 Å². The number of nitro groups is 1. The molecule has 1 saturated heterocycles. The van der Waals surface area contributed by atoms with Crippen molar-refractivity contribution in [2.45, 2.75) is 24.9 Å². The molecule has 1 amide bonds. The highest BCUT2D eigenvalue weighted by atomic mass is 19.4. The van der Waals surface area contributed by atoms with Gasteiger partial charge in [-0.2, -0.15) is 13.2 Å². The lowest BCUT2D eigenvalue weighted by Gasteiger charge is -2.36. The van der Waals surface area contributed by atoms with Crippen molar-refractivity contribution in [1.29, 1.82) is 0 Å². The molecule has 10 heteroatoms. The molecule has 2 fully saturated rings. The van der Waals surface area contributed by atoms with Crippen molar-refractivity contribution in [3.8, 4) is 0 Å². The third-order valence-electron chi connectivity index (χ3n) is 6.37. The second-order valence-electron chi connectivity index (χ2n) is 8.62. The van der Waals surface area contributed by atoms with Crippen LogP contribution in [-0.2, 0) is 6.18 Å². The number of carbonyl (C=O) groups excluding carboxylic acids is 1. The Bertz CT molecular complexity index is 1280. The topological polar surface area (TPSA) is 79.6 Å². The molecule has 0 unspecified atom stereocenters. The number of aromatic nitrogens is 1. The smallest absolute Gasteiger partial charge is 0.362 e. The Labute approximate surface area is 192 Å². The number of hydrogen-bond donors (Lipinski definition) is 0. The van der Waals surface area contributed by atoms with E-state index >= 15 is 0 Å². The average Bonchev–Trinajstić information content (AvgIpc) is 3.68. The number of para-hydroxylation sites is 1. The van der Waals surface area contributed by atoms with Gasteiger partial charge in [0.05, 0.1) is 21.6 Å². The molecule has 0 atom stereocenters. The summed E-state index contributed by atoms with van der Waals surface area (Å²) in [7, 11) is 0. The number of halogens is 3. The summed E-state index contributed by atoms with van der Waals surface area (Å²) in [6.07, 6.45) is -2.55. The minimum atomic E-state index is -4.67. The number of alkyl halides is 3. The number of fused-ring (bicyclic) bond motifs is 1. The van der Waals surface area contributed by atoms with Crippen molar-refractivity contribution in [2.75, 3.05) is 31.1 Å². The number of nitro benzene ring substituents is 1. The van der Waals surface area contributed by atoms with E-state index in [1.165, 1.54) is 0 Å². The molecule has 2 aliphatic rings. The van der Waals surface area contributed by atoms with Crippen molar-refractivity contribution < 1.29 is 22.9 Å². The first-order valence-electron chi connectivity index (χ1n) is 11.0. The van der Waals surface area contributed by atoms with Crippen molar-refractivity contribution in [3.05, 3.63) is 75.5 Å². The number of benzene rings is 2. The van der Waals surface area contributed by atoms with Crippen molar-refractivity contribution in [1.82, 2.24) is 9.88 Å². The molecule has 0 bridgehead atoms. The summed E-state index contributed by atoms with van der Waals surface area (Å²) in [5, 5.41) is 12.2. The summed E-state index contributed by atoms with van der Waals surface area (Å²) < 4.78 is 39.0. The van der Waals surface area contributed by atoms with Gasteiger partial charge in [0.2, 0.25) is 0 Å². The molecule has 0 N–H and O–H groups in total. The van der Waals surface area contributed by atoms with Crippen LogP contribution in [0.4, 0.5) is 24.5 Å². The number of amides is 1. The fourth-order valence-corrected chi connectivity index (χ4v) is 4.40. The number of anilines is 1. The number of pyridine rings is 1. The maximum atomic E-state index is 13.4. The first-order chi connectivity index (χ1) is 16.2. The standard InChI is InChI=1S/C24H21F3N4O3/c25-24(26,27)16-7-8-21(22(13-16)31(33)34)29-9-11-30(12-10-29)23(32)18-14-20(15-5-6-15)28-19-4-2-1-3-17(18)19/h1-4,7-8,13-15H,5-6,9-12H2. The third-order valence-corrected chi connectivity index (χ3v) is 6.37. The SMILES string of the molecule is O=C(c1cc(C2CC2)nc2ccccc12)N1CCN(c2ccc(C(F)(F)F)cc2[N+](=O)[O-])CC1. The van der Waals surface area contributed by atoms with Gasteiger partial charge in [-0.15, -0.1) is 0 Å². The molecule has 1 aliphatic heterocycles. The lowest BCUT2D eigenvalue weighted by atomic mass is 10.0. The Kier molecular flexibility index (Phi) is 5.38. The van der Waals surface area contributed by atoms with E-state index in [0.717, 1.165) is 41.6 Å². The molecule has 2 heterocycles. The molecule has 7 nitrogen and oxygen atoms in total. The number of carbonyl (C=O) groups is 1. The maximum Gasteiger partial charge on any atom is 0.416 e. The second-order valence-corrected chi connectivity index (χ2v) is 8.62. The van der Waals surface area contributed by atoms with Gasteiger partial charge in [0, 0.05) is 49.2 Å². The molecule has 1 saturated carbocycles. The fraction of sp³-hybridized carbons (Fsp3) is 0.333. The Balaban J connectivity index is 1.37. The van der Waals surface area contributed by atoms with E-state index in [4.69, 9.17) is 4.98 Å². The van der Waals surface area contributed by atoms with E-state index in [0.29, 0.717) is 30.6 Å². The molecule has 2 aromatic carbocycles.